The summed E-state index contributed by atoms with van der Waals surface area (Å²) in [4.78, 5) is 30.8. The number of nitrogens with zero attached hydrogens (tertiary/aromatic N) is 2. The first-order valence-electron chi connectivity index (χ1n) is 7.78. The summed E-state index contributed by atoms with van der Waals surface area (Å²) in [6.45, 7) is 1.97. The van der Waals surface area contributed by atoms with Crippen molar-refractivity contribution >= 4 is 11.9 Å². The summed E-state index contributed by atoms with van der Waals surface area (Å²) < 4.78 is 10.8. The zero-order chi connectivity index (χ0) is 16.8. The molecule has 6 nitrogen and oxygen atoms in total. The van der Waals surface area contributed by atoms with Crippen molar-refractivity contribution in [3.05, 3.63) is 66.0 Å². The van der Waals surface area contributed by atoms with Crippen molar-refractivity contribution in [1.29, 1.82) is 0 Å². The molecule has 1 amide bonds. The number of rotatable bonds is 4. The molecule has 1 aromatic heterocycles. The lowest BCUT2D eigenvalue weighted by atomic mass is 10.1. The van der Waals surface area contributed by atoms with E-state index in [-0.39, 0.29) is 5.91 Å². The highest BCUT2D eigenvalue weighted by Crippen LogP contribution is 2.22. The Hall–Kier alpha value is -2.73. The number of carbonyl (C=O) groups excluding carboxylic acids is 2. The molecule has 24 heavy (non-hydrogen) atoms. The molecule has 1 fully saturated rings. The van der Waals surface area contributed by atoms with Crippen LogP contribution in [0.25, 0.3) is 0 Å². The highest BCUT2D eigenvalue weighted by Gasteiger charge is 2.30. The Labute approximate surface area is 140 Å². The minimum Gasteiger partial charge on any atom is -0.444 e. The summed E-state index contributed by atoms with van der Waals surface area (Å²) in [6, 6.07) is 12.2. The van der Waals surface area contributed by atoms with E-state index in [0.717, 1.165) is 0 Å². The summed E-state index contributed by atoms with van der Waals surface area (Å²) in [5, 5.41) is 0. The molecule has 0 aliphatic carbocycles. The second-order valence-electron chi connectivity index (χ2n) is 5.37. The molecule has 0 unspecified atom stereocenters. The van der Waals surface area contributed by atoms with Gasteiger partial charge in [-0.3, -0.25) is 9.78 Å². The third-order valence-electron chi connectivity index (χ3n) is 3.79. The van der Waals surface area contributed by atoms with Crippen LogP contribution < -0.4 is 0 Å². The number of hydrogen-bond donors (Lipinski definition) is 0. The molecule has 6 heteroatoms. The molecule has 0 N–H and O–H groups in total. The topological polar surface area (TPSA) is 68.7 Å². The van der Waals surface area contributed by atoms with Crippen LogP contribution in [0, 0.1) is 0 Å². The van der Waals surface area contributed by atoms with Crippen molar-refractivity contribution in [2.24, 2.45) is 0 Å². The van der Waals surface area contributed by atoms with Gasteiger partial charge in [0, 0.05) is 31.0 Å². The second kappa shape index (κ2) is 7.70. The predicted octanol–water partition coefficient (Wildman–Crippen LogP) is 1.84. The van der Waals surface area contributed by atoms with Gasteiger partial charge in [-0.05, 0) is 12.1 Å². The van der Waals surface area contributed by atoms with E-state index in [2.05, 4.69) is 4.98 Å². The maximum absolute atomic E-state index is 12.8. The molecule has 1 saturated heterocycles. The predicted molar refractivity (Wildman–Crippen MR) is 86.2 cm³/mol. The summed E-state index contributed by atoms with van der Waals surface area (Å²) in [5.41, 5.74) is 1.01. The van der Waals surface area contributed by atoms with Crippen LogP contribution in [0.15, 0.2) is 54.9 Å². The quantitative estimate of drug-likeness (QED) is 0.802. The molecule has 1 aliphatic rings. The number of benzene rings is 1. The third-order valence-corrected chi connectivity index (χ3v) is 3.79. The number of ether oxygens (including phenoxy) is 2. The lowest BCUT2D eigenvalue weighted by Gasteiger charge is -2.30. The second-order valence-corrected chi connectivity index (χ2v) is 5.37. The third kappa shape index (κ3) is 3.78. The van der Waals surface area contributed by atoms with Gasteiger partial charge in [-0.2, -0.15) is 0 Å². The van der Waals surface area contributed by atoms with Gasteiger partial charge in [0.05, 0.1) is 18.8 Å². The number of morpholine rings is 1. The average molecular weight is 326 g/mol. The molecule has 0 saturated carbocycles. The molecule has 0 radical (unpaired) electrons. The van der Waals surface area contributed by atoms with E-state index < -0.39 is 12.1 Å². The summed E-state index contributed by atoms with van der Waals surface area (Å²) >= 11 is 0. The molecule has 124 valence electrons. The highest BCUT2D eigenvalue weighted by atomic mass is 16.5. The number of amides is 1. The fourth-order valence-electron chi connectivity index (χ4n) is 2.50. The van der Waals surface area contributed by atoms with E-state index in [9.17, 15) is 9.59 Å². The van der Waals surface area contributed by atoms with Crippen molar-refractivity contribution in [1.82, 2.24) is 9.88 Å². The van der Waals surface area contributed by atoms with Gasteiger partial charge in [-0.25, -0.2) is 4.79 Å². The zero-order valence-electron chi connectivity index (χ0n) is 13.1. The van der Waals surface area contributed by atoms with E-state index in [0.29, 0.717) is 37.4 Å². The van der Waals surface area contributed by atoms with Gasteiger partial charge in [0.2, 0.25) is 6.10 Å². The lowest BCUT2D eigenvalue weighted by molar-refractivity contribution is -0.145. The Morgan fingerprint density at radius 1 is 1.04 bits per heavy atom. The fourth-order valence-corrected chi connectivity index (χ4v) is 2.50. The van der Waals surface area contributed by atoms with E-state index in [4.69, 9.17) is 9.47 Å². The Kier molecular flexibility index (Phi) is 5.18. The van der Waals surface area contributed by atoms with Crippen molar-refractivity contribution in [2.45, 2.75) is 6.10 Å². The average Bonchev–Trinajstić information content (AvgIpc) is 2.67. The van der Waals surface area contributed by atoms with Crippen LogP contribution in [0.5, 0.6) is 0 Å². The molecule has 2 aromatic rings. The number of carbonyl (C=O) groups is 2. The highest BCUT2D eigenvalue weighted by molar-refractivity contribution is 5.92. The number of pyridine rings is 1. The first-order chi connectivity index (χ1) is 11.8. The largest absolute Gasteiger partial charge is 0.444 e. The van der Waals surface area contributed by atoms with Gasteiger partial charge >= 0.3 is 5.97 Å². The number of hydrogen-bond acceptors (Lipinski definition) is 5. The SMILES string of the molecule is O=C(O[C@H](C(=O)N1CCOCC1)c1ccccc1)c1ccncc1. The molecule has 0 bridgehead atoms. The summed E-state index contributed by atoms with van der Waals surface area (Å²) in [7, 11) is 0. The Morgan fingerprint density at radius 2 is 1.71 bits per heavy atom. The van der Waals surface area contributed by atoms with Crippen LogP contribution in [0.2, 0.25) is 0 Å². The molecule has 1 atom stereocenters. The maximum atomic E-state index is 12.8. The van der Waals surface area contributed by atoms with Crippen LogP contribution in [0.3, 0.4) is 0 Å². The van der Waals surface area contributed by atoms with E-state index in [1.165, 1.54) is 12.4 Å². The zero-order valence-corrected chi connectivity index (χ0v) is 13.1. The number of aromatic nitrogens is 1. The van der Waals surface area contributed by atoms with Crippen LogP contribution in [-0.4, -0.2) is 48.1 Å². The van der Waals surface area contributed by atoms with Crippen molar-refractivity contribution in [3.63, 3.8) is 0 Å². The minimum atomic E-state index is -0.968. The van der Waals surface area contributed by atoms with Gasteiger partial charge in [0.1, 0.15) is 0 Å². The van der Waals surface area contributed by atoms with Crippen molar-refractivity contribution in [2.75, 3.05) is 26.3 Å². The van der Waals surface area contributed by atoms with Crippen molar-refractivity contribution < 1.29 is 19.1 Å². The van der Waals surface area contributed by atoms with Crippen LogP contribution in [-0.2, 0) is 14.3 Å². The normalized spacial score (nSPS) is 15.6. The molecule has 1 aliphatic heterocycles. The first kappa shape index (κ1) is 16.1. The van der Waals surface area contributed by atoms with Gasteiger partial charge in [-0.15, -0.1) is 0 Å². The summed E-state index contributed by atoms with van der Waals surface area (Å²) in [5.74, 6) is -0.778. The summed E-state index contributed by atoms with van der Waals surface area (Å²) in [6.07, 6.45) is 2.06. The molecule has 0 spiro atoms. The van der Waals surface area contributed by atoms with E-state index in [1.54, 1.807) is 29.2 Å². The molecule has 1 aromatic carbocycles. The lowest BCUT2D eigenvalue weighted by Crippen LogP contribution is -2.44. The van der Waals surface area contributed by atoms with Crippen LogP contribution in [0.1, 0.15) is 22.0 Å². The number of esters is 1. The molecule has 3 rings (SSSR count). The van der Waals surface area contributed by atoms with Gasteiger partial charge in [0.15, 0.2) is 0 Å². The fraction of sp³-hybridized carbons (Fsp3) is 0.278. The van der Waals surface area contributed by atoms with Crippen LogP contribution >= 0.6 is 0 Å². The Bertz CT molecular complexity index is 685. The van der Waals surface area contributed by atoms with Gasteiger partial charge in [0.25, 0.3) is 5.91 Å². The van der Waals surface area contributed by atoms with Gasteiger partial charge < -0.3 is 14.4 Å². The monoisotopic (exact) mass is 326 g/mol. The maximum Gasteiger partial charge on any atom is 0.339 e. The molecular weight excluding hydrogens is 308 g/mol. The Morgan fingerprint density at radius 3 is 2.38 bits per heavy atom. The van der Waals surface area contributed by atoms with Crippen LogP contribution in [0.4, 0.5) is 0 Å². The smallest absolute Gasteiger partial charge is 0.339 e. The van der Waals surface area contributed by atoms with Gasteiger partial charge in [-0.1, -0.05) is 30.3 Å². The van der Waals surface area contributed by atoms with Crippen molar-refractivity contribution in [3.8, 4) is 0 Å². The minimum absolute atomic E-state index is 0.230. The van der Waals surface area contributed by atoms with E-state index >= 15 is 0 Å². The first-order valence-corrected chi connectivity index (χ1v) is 7.78. The molecular formula is C18H18N2O4. The Balaban J connectivity index is 1.82. The standard InChI is InChI=1S/C18H18N2O4/c21-17(20-10-12-23-13-11-20)16(14-4-2-1-3-5-14)24-18(22)15-6-8-19-9-7-15/h1-9,16H,10-13H2/t16-/m0/s1. The van der Waals surface area contributed by atoms with E-state index in [1.807, 2.05) is 18.2 Å². The molecule has 2 heterocycles.